The summed E-state index contributed by atoms with van der Waals surface area (Å²) < 4.78 is 44.3. The number of aromatic nitrogens is 3. The number of halogens is 3. The van der Waals surface area contributed by atoms with E-state index < -0.39 is 11.7 Å². The second-order valence-electron chi connectivity index (χ2n) is 9.84. The van der Waals surface area contributed by atoms with Crippen molar-refractivity contribution in [3.63, 3.8) is 0 Å². The molecule has 2 saturated carbocycles. The van der Waals surface area contributed by atoms with Crippen molar-refractivity contribution in [3.05, 3.63) is 59.2 Å². The minimum atomic E-state index is -4.53. The molecule has 0 radical (unpaired) electrons. The fourth-order valence-corrected chi connectivity index (χ4v) is 5.60. The number of allylic oxidation sites excluding steroid dienone is 2. The minimum Gasteiger partial charge on any atom is -0.393 e. The molecule has 2 aromatic heterocycles. The molecule has 6 rings (SSSR count). The second kappa shape index (κ2) is 7.72. The van der Waals surface area contributed by atoms with Crippen LogP contribution in [0.5, 0.6) is 0 Å². The predicted octanol–water partition coefficient (Wildman–Crippen LogP) is 4.92. The highest BCUT2D eigenvalue weighted by atomic mass is 19.4. The molecule has 0 bridgehead atoms. The highest BCUT2D eigenvalue weighted by Crippen LogP contribution is 2.42. The molecular weight excluding hydrogens is 429 g/mol. The van der Waals surface area contributed by atoms with Gasteiger partial charge in [-0.25, -0.2) is 0 Å². The van der Waals surface area contributed by atoms with Crippen molar-refractivity contribution in [1.29, 1.82) is 0 Å². The number of nitrogens with zero attached hydrogens (tertiary/aromatic N) is 4. The summed E-state index contributed by atoms with van der Waals surface area (Å²) in [5.74, 6) is 1.12. The van der Waals surface area contributed by atoms with Gasteiger partial charge in [-0.15, -0.1) is 10.2 Å². The molecule has 2 aromatic rings. The Morgan fingerprint density at radius 1 is 1.06 bits per heavy atom. The molecule has 3 heterocycles. The molecule has 0 aromatic carbocycles. The van der Waals surface area contributed by atoms with Crippen molar-refractivity contribution >= 4 is 11.2 Å². The van der Waals surface area contributed by atoms with Crippen molar-refractivity contribution in [2.45, 2.75) is 75.7 Å². The highest BCUT2D eigenvalue weighted by molar-refractivity contribution is 5.82. The molecule has 0 amide bonds. The summed E-state index contributed by atoms with van der Waals surface area (Å²) in [6, 6.07) is 2.10. The highest BCUT2D eigenvalue weighted by Gasteiger charge is 2.40. The Balaban J connectivity index is 1.32. The van der Waals surface area contributed by atoms with E-state index in [1.165, 1.54) is 4.40 Å². The van der Waals surface area contributed by atoms with E-state index in [9.17, 15) is 18.3 Å². The molecule has 4 aliphatic rings. The molecule has 33 heavy (non-hydrogen) atoms. The van der Waals surface area contributed by atoms with E-state index in [-0.39, 0.29) is 23.4 Å². The lowest BCUT2D eigenvalue weighted by molar-refractivity contribution is -0.136. The van der Waals surface area contributed by atoms with Crippen molar-refractivity contribution < 1.29 is 18.3 Å². The number of aliphatic hydroxyl groups excluding tert-OH is 1. The van der Waals surface area contributed by atoms with Crippen LogP contribution in [0.1, 0.15) is 61.9 Å². The van der Waals surface area contributed by atoms with Gasteiger partial charge < -0.3 is 10.0 Å². The number of alkyl halides is 3. The molecule has 8 heteroatoms. The predicted molar refractivity (Wildman–Crippen MR) is 118 cm³/mol. The van der Waals surface area contributed by atoms with Gasteiger partial charge in [0.15, 0.2) is 5.65 Å². The summed E-state index contributed by atoms with van der Waals surface area (Å²) in [4.78, 5) is 2.33. The molecule has 3 aliphatic carbocycles. The van der Waals surface area contributed by atoms with Gasteiger partial charge in [0.05, 0.1) is 12.1 Å². The van der Waals surface area contributed by atoms with Gasteiger partial charge >= 0.3 is 6.18 Å². The maximum absolute atomic E-state index is 14.3. The van der Waals surface area contributed by atoms with E-state index >= 15 is 0 Å². The zero-order valence-corrected chi connectivity index (χ0v) is 18.3. The number of fused-ring (bicyclic) bond motifs is 2. The average Bonchev–Trinajstić information content (AvgIpc) is 3.37. The number of hydrogen-bond donors (Lipinski definition) is 1. The molecule has 174 valence electrons. The van der Waals surface area contributed by atoms with Crippen LogP contribution in [-0.4, -0.2) is 42.8 Å². The van der Waals surface area contributed by atoms with E-state index in [1.807, 2.05) is 18.2 Å². The summed E-state index contributed by atoms with van der Waals surface area (Å²) in [6.45, 7) is 0. The van der Waals surface area contributed by atoms with E-state index in [1.54, 1.807) is 12.3 Å². The van der Waals surface area contributed by atoms with Crippen LogP contribution < -0.4 is 0 Å². The Morgan fingerprint density at radius 2 is 1.85 bits per heavy atom. The Kier molecular flexibility index (Phi) is 4.90. The average molecular weight is 457 g/mol. The Hall–Kier alpha value is -2.61. The summed E-state index contributed by atoms with van der Waals surface area (Å²) in [7, 11) is 0. The van der Waals surface area contributed by atoms with Crippen LogP contribution in [0.15, 0.2) is 42.3 Å². The van der Waals surface area contributed by atoms with Crippen LogP contribution >= 0.6 is 0 Å². The summed E-state index contributed by atoms with van der Waals surface area (Å²) in [5, 5.41) is 17.9. The maximum atomic E-state index is 14.3. The van der Waals surface area contributed by atoms with Gasteiger partial charge in [-0.2, -0.15) is 13.2 Å². The first kappa shape index (κ1) is 21.0. The molecular formula is C25H27F3N4O. The van der Waals surface area contributed by atoms with E-state index in [2.05, 4.69) is 21.3 Å². The molecule has 1 N–H and O–H groups in total. The van der Waals surface area contributed by atoms with Crippen LogP contribution in [0.4, 0.5) is 13.2 Å². The normalized spacial score (nSPS) is 27.6. The van der Waals surface area contributed by atoms with Crippen LogP contribution in [0.2, 0.25) is 0 Å². The molecule has 5 nitrogen and oxygen atoms in total. The van der Waals surface area contributed by atoms with Crippen molar-refractivity contribution in [3.8, 4) is 0 Å². The SMILES string of the molecule is OC1CCC(N2C=CC3=CC(c4ccn5c(CC6CC6)nnc5c4C(F)(F)F)=CCC32)CC1. The first-order chi connectivity index (χ1) is 15.9. The first-order valence-electron chi connectivity index (χ1n) is 11.9. The van der Waals surface area contributed by atoms with Gasteiger partial charge in [0.25, 0.3) is 0 Å². The smallest absolute Gasteiger partial charge is 0.393 e. The Bertz CT molecular complexity index is 1170. The second-order valence-corrected chi connectivity index (χ2v) is 9.84. The maximum Gasteiger partial charge on any atom is 0.420 e. The van der Waals surface area contributed by atoms with Crippen molar-refractivity contribution in [2.75, 3.05) is 0 Å². The van der Waals surface area contributed by atoms with Gasteiger partial charge in [-0.1, -0.05) is 6.08 Å². The van der Waals surface area contributed by atoms with Gasteiger partial charge in [0.1, 0.15) is 11.4 Å². The summed E-state index contributed by atoms with van der Waals surface area (Å²) >= 11 is 0. The first-order valence-corrected chi connectivity index (χ1v) is 11.9. The van der Waals surface area contributed by atoms with Crippen LogP contribution in [0.3, 0.4) is 0 Å². The van der Waals surface area contributed by atoms with E-state index in [0.717, 1.165) is 44.1 Å². The summed E-state index contributed by atoms with van der Waals surface area (Å²) in [5.41, 5.74) is 0.984. The molecule has 1 aliphatic heterocycles. The van der Waals surface area contributed by atoms with Crippen LogP contribution in [0.25, 0.3) is 11.2 Å². The molecule has 1 atom stereocenters. The lowest BCUT2D eigenvalue weighted by atomic mass is 9.87. The van der Waals surface area contributed by atoms with Gasteiger partial charge in [-0.3, -0.25) is 4.40 Å². The summed E-state index contributed by atoms with van der Waals surface area (Å²) in [6.07, 6.45) is 11.9. The lowest BCUT2D eigenvalue weighted by Crippen LogP contribution is -2.40. The molecule has 0 saturated heterocycles. The third kappa shape index (κ3) is 3.78. The van der Waals surface area contributed by atoms with Gasteiger partial charge in [-0.05, 0) is 85.8 Å². The van der Waals surface area contributed by atoms with E-state index in [4.69, 9.17) is 0 Å². The number of pyridine rings is 1. The number of aliphatic hydroxyl groups is 1. The largest absolute Gasteiger partial charge is 0.420 e. The van der Waals surface area contributed by atoms with Crippen LogP contribution in [-0.2, 0) is 12.6 Å². The third-order valence-electron chi connectivity index (χ3n) is 7.57. The van der Waals surface area contributed by atoms with E-state index in [0.29, 0.717) is 36.2 Å². The van der Waals surface area contributed by atoms with Gasteiger partial charge in [0.2, 0.25) is 0 Å². The Labute approximate surface area is 190 Å². The third-order valence-corrected chi connectivity index (χ3v) is 7.57. The van der Waals surface area contributed by atoms with Crippen molar-refractivity contribution in [2.24, 2.45) is 5.92 Å². The standard InChI is InChI=1S/C25H27F3N4O/c26-25(27,28)23-20(10-12-32-22(13-15-1-2-15)29-30-24(23)32)16-3-8-21-17(14-16)9-11-31(21)18-4-6-19(33)7-5-18/h3,9-12,14-15,18-19,21,33H,1-2,4-8,13H2. The quantitative estimate of drug-likeness (QED) is 0.710. The minimum absolute atomic E-state index is 0.110. The van der Waals surface area contributed by atoms with Crippen LogP contribution in [0, 0.1) is 5.92 Å². The number of rotatable bonds is 4. The molecule has 2 fully saturated rings. The number of hydrogen-bond acceptors (Lipinski definition) is 4. The monoisotopic (exact) mass is 456 g/mol. The Morgan fingerprint density at radius 3 is 2.58 bits per heavy atom. The molecule has 0 spiro atoms. The van der Waals surface area contributed by atoms with Crippen molar-refractivity contribution in [1.82, 2.24) is 19.5 Å². The topological polar surface area (TPSA) is 53.7 Å². The zero-order valence-electron chi connectivity index (χ0n) is 18.3. The zero-order chi connectivity index (χ0) is 22.7. The lowest BCUT2D eigenvalue weighted by Gasteiger charge is -2.38. The van der Waals surface area contributed by atoms with Gasteiger partial charge in [0, 0.05) is 24.9 Å². The molecule has 1 unspecified atom stereocenters. The fourth-order valence-electron chi connectivity index (χ4n) is 5.60. The fraction of sp³-hybridized carbons (Fsp3) is 0.520.